The molecule has 0 aliphatic heterocycles. The fourth-order valence-corrected chi connectivity index (χ4v) is 4.16. The molecule has 0 spiro atoms. The molecule has 0 saturated carbocycles. The first-order valence-electron chi connectivity index (χ1n) is 6.66. The van der Waals surface area contributed by atoms with Crippen molar-refractivity contribution >= 4 is 44.3 Å². The maximum absolute atomic E-state index is 4.52. The van der Waals surface area contributed by atoms with Crippen molar-refractivity contribution in [3.63, 3.8) is 0 Å². The number of hydrogen-bond acceptors (Lipinski definition) is 4. The molecule has 0 saturated heterocycles. The summed E-state index contributed by atoms with van der Waals surface area (Å²) in [5.41, 5.74) is 3.35. The van der Waals surface area contributed by atoms with Crippen LogP contribution in [0.25, 0.3) is 11.3 Å². The molecular weight excluding hydrogens is 364 g/mol. The van der Waals surface area contributed by atoms with E-state index in [1.165, 1.54) is 8.66 Å². The Bertz CT molecular complexity index is 731. The van der Waals surface area contributed by atoms with E-state index in [1.54, 1.807) is 22.7 Å². The molecule has 0 aliphatic carbocycles. The van der Waals surface area contributed by atoms with E-state index >= 15 is 0 Å². The third-order valence-corrected chi connectivity index (χ3v) is 5.78. The summed E-state index contributed by atoms with van der Waals surface area (Å²) in [4.78, 5) is 5.84. The lowest BCUT2D eigenvalue weighted by molar-refractivity contribution is 0.908. The number of thiophene rings is 1. The molecular formula is C16H15BrN2S2. The minimum atomic E-state index is 0.300. The number of aromatic nitrogens is 1. The largest absolute Gasteiger partial charge is 0.378 e. The van der Waals surface area contributed by atoms with Crippen molar-refractivity contribution in [2.24, 2.45) is 0 Å². The number of benzene rings is 1. The summed E-state index contributed by atoms with van der Waals surface area (Å²) in [6.07, 6.45) is 0. The highest BCUT2D eigenvalue weighted by atomic mass is 79.9. The van der Waals surface area contributed by atoms with E-state index in [0.717, 1.165) is 22.0 Å². The van der Waals surface area contributed by atoms with Gasteiger partial charge in [0, 0.05) is 21.5 Å². The maximum atomic E-state index is 4.52. The van der Waals surface area contributed by atoms with E-state index in [0.29, 0.717) is 6.04 Å². The summed E-state index contributed by atoms with van der Waals surface area (Å²) in [6.45, 7) is 4.21. The second-order valence-corrected chi connectivity index (χ2v) is 8.39. The van der Waals surface area contributed by atoms with Gasteiger partial charge in [-0.3, -0.25) is 0 Å². The second kappa shape index (κ2) is 6.30. The number of rotatable bonds is 4. The fourth-order valence-electron chi connectivity index (χ4n) is 2.12. The van der Waals surface area contributed by atoms with Gasteiger partial charge in [-0.1, -0.05) is 12.1 Å². The molecule has 2 aromatic heterocycles. The molecule has 0 bridgehead atoms. The molecule has 0 aliphatic rings. The van der Waals surface area contributed by atoms with Crippen LogP contribution in [0.15, 0.2) is 45.6 Å². The lowest BCUT2D eigenvalue weighted by atomic mass is 10.1. The smallest absolute Gasteiger partial charge is 0.0901 e. The maximum Gasteiger partial charge on any atom is 0.0901 e. The summed E-state index contributed by atoms with van der Waals surface area (Å²) in [7, 11) is 0. The molecule has 2 heterocycles. The Hall–Kier alpha value is -1.17. The van der Waals surface area contributed by atoms with E-state index in [4.69, 9.17) is 0 Å². The van der Waals surface area contributed by atoms with E-state index < -0.39 is 0 Å². The summed E-state index contributed by atoms with van der Waals surface area (Å²) in [6, 6.07) is 13.0. The van der Waals surface area contributed by atoms with Gasteiger partial charge in [-0.2, -0.15) is 0 Å². The van der Waals surface area contributed by atoms with Gasteiger partial charge in [-0.15, -0.1) is 22.7 Å². The molecule has 108 valence electrons. The minimum absolute atomic E-state index is 0.300. The SMILES string of the molecule is Cc1nc(-c2ccc(NC(C)c3ccc(Br)s3)cc2)cs1. The van der Waals surface area contributed by atoms with Gasteiger partial charge in [0.1, 0.15) is 0 Å². The van der Waals surface area contributed by atoms with Gasteiger partial charge in [-0.05, 0) is 54.0 Å². The summed E-state index contributed by atoms with van der Waals surface area (Å²) < 4.78 is 1.17. The Kier molecular flexibility index (Phi) is 4.42. The van der Waals surface area contributed by atoms with Crippen molar-refractivity contribution < 1.29 is 0 Å². The predicted octanol–water partition coefficient (Wildman–Crippen LogP) is 6.12. The first-order valence-corrected chi connectivity index (χ1v) is 9.15. The lowest BCUT2D eigenvalue weighted by Crippen LogP contribution is -2.04. The highest BCUT2D eigenvalue weighted by Gasteiger charge is 2.08. The first-order chi connectivity index (χ1) is 10.1. The molecule has 0 amide bonds. The zero-order valence-electron chi connectivity index (χ0n) is 11.8. The molecule has 0 radical (unpaired) electrons. The quantitative estimate of drug-likeness (QED) is 0.591. The van der Waals surface area contributed by atoms with E-state index in [1.807, 2.05) is 6.92 Å². The Morgan fingerprint density at radius 1 is 1.14 bits per heavy atom. The Morgan fingerprint density at radius 2 is 1.90 bits per heavy atom. The molecule has 2 nitrogen and oxygen atoms in total. The third kappa shape index (κ3) is 3.54. The number of anilines is 1. The van der Waals surface area contributed by atoms with Crippen LogP contribution in [0.5, 0.6) is 0 Å². The molecule has 1 N–H and O–H groups in total. The number of aryl methyl sites for hydroxylation is 1. The second-order valence-electron chi connectivity index (χ2n) is 4.84. The average Bonchev–Trinajstić information content (AvgIpc) is 3.08. The average molecular weight is 379 g/mol. The van der Waals surface area contributed by atoms with E-state index in [-0.39, 0.29) is 0 Å². The molecule has 3 aromatic rings. The van der Waals surface area contributed by atoms with E-state index in [2.05, 4.69) is 74.9 Å². The van der Waals surface area contributed by atoms with Crippen molar-refractivity contribution in [1.29, 1.82) is 0 Å². The predicted molar refractivity (Wildman–Crippen MR) is 96.3 cm³/mol. The molecule has 0 fully saturated rings. The van der Waals surface area contributed by atoms with Crippen LogP contribution in [0.4, 0.5) is 5.69 Å². The van der Waals surface area contributed by atoms with Crippen molar-refractivity contribution in [3.8, 4) is 11.3 Å². The van der Waals surface area contributed by atoms with Crippen LogP contribution in [-0.2, 0) is 0 Å². The highest BCUT2D eigenvalue weighted by molar-refractivity contribution is 9.11. The van der Waals surface area contributed by atoms with Crippen LogP contribution in [-0.4, -0.2) is 4.98 Å². The first kappa shape index (κ1) is 14.8. The third-order valence-electron chi connectivity index (χ3n) is 3.20. The van der Waals surface area contributed by atoms with Crippen molar-refractivity contribution in [2.75, 3.05) is 5.32 Å². The zero-order chi connectivity index (χ0) is 14.8. The Balaban J connectivity index is 1.72. The number of hydrogen-bond donors (Lipinski definition) is 1. The van der Waals surface area contributed by atoms with E-state index in [9.17, 15) is 0 Å². The Labute approximate surface area is 141 Å². The van der Waals surface area contributed by atoms with Crippen LogP contribution < -0.4 is 5.32 Å². The van der Waals surface area contributed by atoms with Crippen LogP contribution in [0, 0.1) is 6.92 Å². The molecule has 21 heavy (non-hydrogen) atoms. The monoisotopic (exact) mass is 378 g/mol. The number of nitrogens with one attached hydrogen (secondary N) is 1. The van der Waals surface area contributed by atoms with Crippen LogP contribution in [0.3, 0.4) is 0 Å². The molecule has 1 unspecified atom stereocenters. The topological polar surface area (TPSA) is 24.9 Å². The number of halogens is 1. The van der Waals surface area contributed by atoms with Crippen molar-refractivity contribution in [1.82, 2.24) is 4.98 Å². The van der Waals surface area contributed by atoms with Crippen molar-refractivity contribution in [2.45, 2.75) is 19.9 Å². The Morgan fingerprint density at radius 3 is 2.48 bits per heavy atom. The van der Waals surface area contributed by atoms with Gasteiger partial charge in [0.2, 0.25) is 0 Å². The highest BCUT2D eigenvalue weighted by Crippen LogP contribution is 2.30. The normalized spacial score (nSPS) is 12.3. The molecule has 1 atom stereocenters. The molecule has 3 rings (SSSR count). The van der Waals surface area contributed by atoms with Crippen molar-refractivity contribution in [3.05, 3.63) is 55.4 Å². The van der Waals surface area contributed by atoms with Crippen LogP contribution >= 0.6 is 38.6 Å². The molecule has 1 aromatic carbocycles. The van der Waals surface area contributed by atoms with Gasteiger partial charge in [0.05, 0.1) is 20.5 Å². The summed E-state index contributed by atoms with van der Waals surface area (Å²) in [5.74, 6) is 0. The van der Waals surface area contributed by atoms with Crippen LogP contribution in [0.2, 0.25) is 0 Å². The number of nitrogens with zero attached hydrogens (tertiary/aromatic N) is 1. The van der Waals surface area contributed by atoms with Gasteiger partial charge in [-0.25, -0.2) is 4.98 Å². The van der Waals surface area contributed by atoms with Crippen LogP contribution in [0.1, 0.15) is 22.9 Å². The molecule has 5 heteroatoms. The van der Waals surface area contributed by atoms with Gasteiger partial charge < -0.3 is 5.32 Å². The number of thiazole rings is 1. The fraction of sp³-hybridized carbons (Fsp3) is 0.188. The minimum Gasteiger partial charge on any atom is -0.378 e. The lowest BCUT2D eigenvalue weighted by Gasteiger charge is -2.13. The van der Waals surface area contributed by atoms with Gasteiger partial charge in [0.15, 0.2) is 0 Å². The summed E-state index contributed by atoms with van der Waals surface area (Å²) >= 11 is 6.96. The van der Waals surface area contributed by atoms with Gasteiger partial charge >= 0.3 is 0 Å². The standard InChI is InChI=1S/C16H15BrN2S2/c1-10(15-7-8-16(17)21-15)18-13-5-3-12(4-6-13)14-9-20-11(2)19-14/h3-10,18H,1-2H3. The summed E-state index contributed by atoms with van der Waals surface area (Å²) in [5, 5.41) is 6.73. The zero-order valence-corrected chi connectivity index (χ0v) is 15.0. The van der Waals surface area contributed by atoms with Gasteiger partial charge in [0.25, 0.3) is 0 Å².